The number of sulfonamides is 2. The van der Waals surface area contributed by atoms with Gasteiger partial charge in [-0.25, -0.2) is 16.8 Å². The first-order valence-corrected chi connectivity index (χ1v) is 16.1. The van der Waals surface area contributed by atoms with Gasteiger partial charge in [-0.2, -0.15) is 8.61 Å². The van der Waals surface area contributed by atoms with Crippen LogP contribution in [0.25, 0.3) is 0 Å². The highest BCUT2D eigenvalue weighted by atomic mass is 32.2. The van der Waals surface area contributed by atoms with Crippen molar-refractivity contribution in [3.8, 4) is 17.2 Å². The summed E-state index contributed by atoms with van der Waals surface area (Å²) in [5.74, 6) is 1.21. The largest absolute Gasteiger partial charge is 0.493 e. The number of rotatable bonds is 11. The predicted octanol–water partition coefficient (Wildman–Crippen LogP) is 3.65. The number of hydrogen-bond acceptors (Lipinski definition) is 8. The van der Waals surface area contributed by atoms with Gasteiger partial charge in [-0.05, 0) is 56.0 Å². The molecule has 2 heterocycles. The van der Waals surface area contributed by atoms with Gasteiger partial charge in [-0.3, -0.25) is 0 Å². The van der Waals surface area contributed by atoms with Crippen LogP contribution in [0.5, 0.6) is 17.2 Å². The minimum atomic E-state index is -4.02. The molecule has 0 amide bonds. The van der Waals surface area contributed by atoms with Crippen LogP contribution >= 0.6 is 0 Å². The van der Waals surface area contributed by atoms with Crippen molar-refractivity contribution < 1.29 is 35.8 Å². The summed E-state index contributed by atoms with van der Waals surface area (Å²) < 4.78 is 79.3. The van der Waals surface area contributed by atoms with Crippen LogP contribution in [0.1, 0.15) is 44.1 Å². The first-order valence-electron chi connectivity index (χ1n) is 13.2. The molecule has 2 aliphatic heterocycles. The Bertz CT molecular complexity index is 1320. The molecule has 0 spiro atoms. The van der Waals surface area contributed by atoms with E-state index in [0.29, 0.717) is 42.5 Å². The van der Waals surface area contributed by atoms with Crippen molar-refractivity contribution in [3.05, 3.63) is 42.0 Å². The van der Waals surface area contributed by atoms with Crippen LogP contribution < -0.4 is 14.2 Å². The van der Waals surface area contributed by atoms with Crippen molar-refractivity contribution >= 4 is 20.0 Å². The van der Waals surface area contributed by atoms with Gasteiger partial charge < -0.3 is 18.9 Å². The molecule has 0 aromatic heterocycles. The molecule has 2 saturated heterocycles. The molecule has 1 atom stereocenters. The van der Waals surface area contributed by atoms with E-state index in [-0.39, 0.29) is 29.0 Å². The van der Waals surface area contributed by atoms with Gasteiger partial charge in [0.2, 0.25) is 25.8 Å². The second-order valence-corrected chi connectivity index (χ2v) is 13.6. The lowest BCUT2D eigenvalue weighted by Crippen LogP contribution is -2.37. The Kier molecular flexibility index (Phi) is 9.76. The summed E-state index contributed by atoms with van der Waals surface area (Å²) in [7, 11) is -3.22. The summed E-state index contributed by atoms with van der Waals surface area (Å²) in [5, 5.41) is 0. The molecule has 2 aliphatic rings. The highest BCUT2D eigenvalue weighted by Crippen LogP contribution is 2.40. The maximum atomic E-state index is 13.9. The zero-order valence-corrected chi connectivity index (χ0v) is 24.4. The summed E-state index contributed by atoms with van der Waals surface area (Å²) in [6, 6.07) is 8.95. The number of ether oxygens (including phenoxy) is 4. The molecule has 0 unspecified atom stereocenters. The predicted molar refractivity (Wildman–Crippen MR) is 146 cm³/mol. The normalized spacial score (nSPS) is 19.1. The third-order valence-corrected chi connectivity index (χ3v) is 11.0. The van der Waals surface area contributed by atoms with E-state index < -0.39 is 20.0 Å². The van der Waals surface area contributed by atoms with Gasteiger partial charge in [0.25, 0.3) is 0 Å². The maximum absolute atomic E-state index is 13.9. The Balaban J connectivity index is 1.65. The molecule has 0 saturated carbocycles. The van der Waals surface area contributed by atoms with E-state index in [4.69, 9.17) is 18.9 Å². The second-order valence-electron chi connectivity index (χ2n) is 9.72. The van der Waals surface area contributed by atoms with E-state index in [1.165, 1.54) is 54.2 Å². The van der Waals surface area contributed by atoms with Gasteiger partial charge in [0.1, 0.15) is 0 Å². The van der Waals surface area contributed by atoms with E-state index in [1.54, 1.807) is 12.1 Å². The van der Waals surface area contributed by atoms with Gasteiger partial charge in [-0.15, -0.1) is 0 Å². The lowest BCUT2D eigenvalue weighted by atomic mass is 10.1. The fraction of sp³-hybridized carbons (Fsp3) is 0.556. The third-order valence-electron chi connectivity index (χ3n) is 7.23. The van der Waals surface area contributed by atoms with E-state index in [1.807, 2.05) is 0 Å². The molecule has 39 heavy (non-hydrogen) atoms. The van der Waals surface area contributed by atoms with Crippen LogP contribution in [0.3, 0.4) is 0 Å². The van der Waals surface area contributed by atoms with Gasteiger partial charge >= 0.3 is 0 Å². The monoisotopic (exact) mass is 582 g/mol. The SMILES string of the molecule is COc1ccc(CN(C[C@@H]2CCCO2)S(=O)(=O)c2ccc(S(=O)(=O)N3CCCCCC3)cc2)c(OC)c1OC. The molecule has 0 N–H and O–H groups in total. The van der Waals surface area contributed by atoms with Gasteiger partial charge in [0, 0.05) is 38.3 Å². The molecule has 2 fully saturated rings. The maximum Gasteiger partial charge on any atom is 0.243 e. The molecule has 2 aromatic rings. The third kappa shape index (κ3) is 6.51. The quantitative estimate of drug-likeness (QED) is 0.395. The summed E-state index contributed by atoms with van der Waals surface area (Å²) in [5.41, 5.74) is 0.595. The Morgan fingerprint density at radius 3 is 2.03 bits per heavy atom. The molecular weight excluding hydrogens is 544 g/mol. The molecule has 216 valence electrons. The highest BCUT2D eigenvalue weighted by Gasteiger charge is 2.32. The van der Waals surface area contributed by atoms with Gasteiger partial charge in [0.15, 0.2) is 11.5 Å². The summed E-state index contributed by atoms with van der Waals surface area (Å²) >= 11 is 0. The van der Waals surface area contributed by atoms with Gasteiger partial charge in [0.05, 0.1) is 37.2 Å². The fourth-order valence-electron chi connectivity index (χ4n) is 5.10. The molecule has 10 nitrogen and oxygen atoms in total. The van der Waals surface area contributed by atoms with Crippen LogP contribution in [0, 0.1) is 0 Å². The van der Waals surface area contributed by atoms with Crippen molar-refractivity contribution in [2.75, 3.05) is 47.6 Å². The van der Waals surface area contributed by atoms with Crippen molar-refractivity contribution in [1.29, 1.82) is 0 Å². The molecule has 12 heteroatoms. The zero-order valence-electron chi connectivity index (χ0n) is 22.8. The van der Waals surface area contributed by atoms with Crippen LogP contribution in [0.4, 0.5) is 0 Å². The summed E-state index contributed by atoms with van der Waals surface area (Å²) in [4.78, 5) is 0.102. The molecule has 4 rings (SSSR count). The average molecular weight is 583 g/mol. The summed E-state index contributed by atoms with van der Waals surface area (Å²) in [6.45, 7) is 1.68. The van der Waals surface area contributed by atoms with E-state index in [0.717, 1.165) is 38.5 Å². The molecule has 2 aromatic carbocycles. The molecule has 0 bridgehead atoms. The Morgan fingerprint density at radius 1 is 0.821 bits per heavy atom. The lowest BCUT2D eigenvalue weighted by Gasteiger charge is -2.26. The standard InChI is InChI=1S/C27H38N2O8S2/c1-34-25-15-10-21(26(35-2)27(25)36-3)19-29(20-22-9-8-18-37-22)39(32,33)24-13-11-23(12-14-24)38(30,31)28-16-6-4-5-7-17-28/h10-15,22H,4-9,16-20H2,1-3H3/t22-/m0/s1. The first kappa shape index (κ1) is 29.6. The fourth-order valence-corrected chi connectivity index (χ4v) is 8.07. The lowest BCUT2D eigenvalue weighted by molar-refractivity contribution is 0.0924. The minimum absolute atomic E-state index is 0.000448. The minimum Gasteiger partial charge on any atom is -0.493 e. The second kappa shape index (κ2) is 12.9. The van der Waals surface area contributed by atoms with Crippen LogP contribution in [0.2, 0.25) is 0 Å². The van der Waals surface area contributed by atoms with Crippen LogP contribution in [-0.4, -0.2) is 79.1 Å². The van der Waals surface area contributed by atoms with Crippen LogP contribution in [0.15, 0.2) is 46.2 Å². The number of methoxy groups -OCH3 is 3. The Hall–Kier alpha value is -2.38. The molecule has 0 aliphatic carbocycles. The molecular formula is C27H38N2O8S2. The van der Waals surface area contributed by atoms with Gasteiger partial charge in [-0.1, -0.05) is 18.9 Å². The Labute approximate surface area is 231 Å². The smallest absolute Gasteiger partial charge is 0.243 e. The number of nitrogens with zero attached hydrogens (tertiary/aromatic N) is 2. The topological polar surface area (TPSA) is 112 Å². The van der Waals surface area contributed by atoms with E-state index in [9.17, 15) is 16.8 Å². The first-order chi connectivity index (χ1) is 18.7. The van der Waals surface area contributed by atoms with E-state index >= 15 is 0 Å². The summed E-state index contributed by atoms with van der Waals surface area (Å²) in [6.07, 6.45) is 5.04. The van der Waals surface area contributed by atoms with Crippen molar-refractivity contribution in [2.45, 2.75) is 61.0 Å². The number of hydrogen-bond donors (Lipinski definition) is 0. The van der Waals surface area contributed by atoms with E-state index in [2.05, 4.69) is 0 Å². The Morgan fingerprint density at radius 2 is 1.46 bits per heavy atom. The highest BCUT2D eigenvalue weighted by molar-refractivity contribution is 7.89. The molecule has 0 radical (unpaired) electrons. The van der Waals surface area contributed by atoms with Crippen molar-refractivity contribution in [1.82, 2.24) is 8.61 Å². The zero-order chi connectivity index (χ0) is 28.0. The van der Waals surface area contributed by atoms with Crippen molar-refractivity contribution in [2.24, 2.45) is 0 Å². The van der Waals surface area contributed by atoms with Crippen molar-refractivity contribution in [3.63, 3.8) is 0 Å². The number of benzene rings is 2. The average Bonchev–Trinajstić information content (AvgIpc) is 3.30. The van der Waals surface area contributed by atoms with Crippen LogP contribution in [-0.2, 0) is 31.3 Å².